The Hall–Kier alpha value is -2.53. The average molecular weight is 380 g/mol. The molecule has 0 saturated carbocycles. The van der Waals surface area contributed by atoms with Crippen LogP contribution >= 0.6 is 0 Å². The highest BCUT2D eigenvalue weighted by atomic mass is 16.5. The minimum absolute atomic E-state index is 0.0399. The highest BCUT2D eigenvalue weighted by Gasteiger charge is 2.40. The summed E-state index contributed by atoms with van der Waals surface area (Å²) < 4.78 is 10.6. The first-order valence-electron chi connectivity index (χ1n) is 10.0. The monoisotopic (exact) mass is 380 g/mol. The number of ether oxygens (including phenoxy) is 2. The van der Waals surface area contributed by atoms with Crippen molar-refractivity contribution >= 4 is 5.91 Å². The number of methoxy groups -OCH3 is 2. The lowest BCUT2D eigenvalue weighted by atomic mass is 9.96. The van der Waals surface area contributed by atoms with E-state index in [0.717, 1.165) is 19.4 Å². The van der Waals surface area contributed by atoms with Crippen LogP contribution in [0.15, 0.2) is 48.5 Å². The van der Waals surface area contributed by atoms with Gasteiger partial charge in [0.2, 0.25) is 0 Å². The highest BCUT2D eigenvalue weighted by Crippen LogP contribution is 2.37. The van der Waals surface area contributed by atoms with Gasteiger partial charge >= 0.3 is 0 Å². The van der Waals surface area contributed by atoms with Crippen LogP contribution in [-0.4, -0.2) is 43.2 Å². The molecule has 1 N–H and O–H groups in total. The van der Waals surface area contributed by atoms with Gasteiger partial charge in [-0.1, -0.05) is 30.3 Å². The molecule has 2 aromatic carbocycles. The van der Waals surface area contributed by atoms with Gasteiger partial charge in [-0.2, -0.15) is 0 Å². The summed E-state index contributed by atoms with van der Waals surface area (Å²) in [6, 6.07) is 17.3. The molecule has 2 aliphatic rings. The molecular weight excluding hydrogens is 352 g/mol. The largest absolute Gasteiger partial charge is 0.493 e. The second-order valence-electron chi connectivity index (χ2n) is 7.75. The molecular formula is C23H28N2O3. The Kier molecular flexibility index (Phi) is 5.53. The van der Waals surface area contributed by atoms with E-state index < -0.39 is 0 Å². The van der Waals surface area contributed by atoms with Gasteiger partial charge in [0.25, 0.3) is 5.91 Å². The second-order valence-corrected chi connectivity index (χ2v) is 7.75. The molecule has 5 heteroatoms. The number of piperidine rings is 1. The first kappa shape index (κ1) is 18.8. The fourth-order valence-electron chi connectivity index (χ4n) is 4.69. The van der Waals surface area contributed by atoms with Crippen molar-refractivity contribution in [2.24, 2.45) is 0 Å². The van der Waals surface area contributed by atoms with Gasteiger partial charge < -0.3 is 14.8 Å². The summed E-state index contributed by atoms with van der Waals surface area (Å²) in [5.41, 5.74) is 1.98. The van der Waals surface area contributed by atoms with Crippen molar-refractivity contribution in [3.05, 3.63) is 59.7 Å². The third-order valence-electron chi connectivity index (χ3n) is 6.07. The fraction of sp³-hybridized carbons (Fsp3) is 0.435. The van der Waals surface area contributed by atoms with Crippen LogP contribution in [0.4, 0.5) is 0 Å². The van der Waals surface area contributed by atoms with Crippen LogP contribution in [0.25, 0.3) is 0 Å². The highest BCUT2D eigenvalue weighted by molar-refractivity contribution is 5.95. The van der Waals surface area contributed by atoms with Crippen molar-refractivity contribution in [1.29, 1.82) is 0 Å². The van der Waals surface area contributed by atoms with Crippen molar-refractivity contribution in [2.75, 3.05) is 14.2 Å². The Morgan fingerprint density at radius 1 is 1.00 bits per heavy atom. The Morgan fingerprint density at radius 2 is 1.68 bits per heavy atom. The Labute approximate surface area is 166 Å². The Balaban J connectivity index is 1.39. The van der Waals surface area contributed by atoms with Gasteiger partial charge in [0, 0.05) is 30.2 Å². The molecule has 0 radical (unpaired) electrons. The van der Waals surface area contributed by atoms with Crippen molar-refractivity contribution in [3.8, 4) is 11.5 Å². The lowest BCUT2D eigenvalue weighted by molar-refractivity contribution is 0.0827. The van der Waals surface area contributed by atoms with Crippen molar-refractivity contribution in [2.45, 2.75) is 50.4 Å². The lowest BCUT2D eigenvalue weighted by Gasteiger charge is -2.39. The molecule has 2 fully saturated rings. The molecule has 4 rings (SSSR count). The van der Waals surface area contributed by atoms with Gasteiger partial charge in [0.05, 0.1) is 14.2 Å². The van der Waals surface area contributed by atoms with Crippen LogP contribution < -0.4 is 14.8 Å². The number of nitrogens with zero attached hydrogens (tertiary/aromatic N) is 1. The van der Waals surface area contributed by atoms with Crippen LogP contribution in [0.2, 0.25) is 0 Å². The summed E-state index contributed by atoms with van der Waals surface area (Å²) in [4.78, 5) is 15.4. The molecule has 2 aliphatic heterocycles. The van der Waals surface area contributed by atoms with Crippen molar-refractivity contribution in [1.82, 2.24) is 10.2 Å². The number of fused-ring (bicyclic) bond motifs is 2. The van der Waals surface area contributed by atoms with Crippen LogP contribution in [0.5, 0.6) is 11.5 Å². The predicted molar refractivity (Wildman–Crippen MR) is 109 cm³/mol. The third kappa shape index (κ3) is 3.85. The van der Waals surface area contributed by atoms with Gasteiger partial charge in [0.1, 0.15) is 0 Å². The number of rotatable bonds is 6. The molecule has 28 heavy (non-hydrogen) atoms. The SMILES string of the molecule is COc1ccc(C(=O)NC2CC3CCC(C2)N3Cc2ccccc2)cc1OC. The number of hydrogen-bond donors (Lipinski definition) is 1. The maximum Gasteiger partial charge on any atom is 0.251 e. The zero-order valence-corrected chi connectivity index (χ0v) is 16.6. The van der Waals surface area contributed by atoms with Gasteiger partial charge in [-0.25, -0.2) is 0 Å². The van der Waals surface area contributed by atoms with E-state index in [1.165, 1.54) is 18.4 Å². The van der Waals surface area contributed by atoms with E-state index in [0.29, 0.717) is 29.1 Å². The van der Waals surface area contributed by atoms with E-state index in [9.17, 15) is 4.79 Å². The smallest absolute Gasteiger partial charge is 0.251 e. The molecule has 2 bridgehead atoms. The summed E-state index contributed by atoms with van der Waals surface area (Å²) >= 11 is 0. The van der Waals surface area contributed by atoms with Crippen molar-refractivity contribution < 1.29 is 14.3 Å². The first-order valence-corrected chi connectivity index (χ1v) is 10.0. The molecule has 148 valence electrons. The summed E-state index contributed by atoms with van der Waals surface area (Å²) in [5.74, 6) is 1.17. The van der Waals surface area contributed by atoms with Gasteiger partial charge in [0.15, 0.2) is 11.5 Å². The molecule has 0 aromatic heterocycles. The molecule has 2 unspecified atom stereocenters. The molecule has 1 amide bonds. The molecule has 0 aliphatic carbocycles. The standard InChI is InChI=1S/C23H28N2O3/c1-27-21-11-8-17(12-22(21)28-2)23(26)24-18-13-19-9-10-20(14-18)25(19)15-16-6-4-3-5-7-16/h3-8,11-12,18-20H,9-10,13-15H2,1-2H3,(H,24,26). The number of carbonyl (C=O) groups is 1. The summed E-state index contributed by atoms with van der Waals surface area (Å²) in [7, 11) is 3.18. The minimum atomic E-state index is -0.0399. The Morgan fingerprint density at radius 3 is 2.32 bits per heavy atom. The van der Waals surface area contributed by atoms with Crippen LogP contribution in [0.1, 0.15) is 41.6 Å². The van der Waals surface area contributed by atoms with E-state index in [1.807, 2.05) is 0 Å². The number of carbonyl (C=O) groups excluding carboxylic acids is 1. The van der Waals surface area contributed by atoms with Gasteiger partial charge in [-0.15, -0.1) is 0 Å². The van der Waals surface area contributed by atoms with Crippen molar-refractivity contribution in [3.63, 3.8) is 0 Å². The number of benzene rings is 2. The zero-order chi connectivity index (χ0) is 19.5. The maximum atomic E-state index is 12.8. The molecule has 2 aromatic rings. The quantitative estimate of drug-likeness (QED) is 0.831. The summed E-state index contributed by atoms with van der Waals surface area (Å²) in [5, 5.41) is 3.25. The lowest BCUT2D eigenvalue weighted by Crippen LogP contribution is -2.49. The van der Waals surface area contributed by atoms with E-state index >= 15 is 0 Å². The normalized spacial score (nSPS) is 24.0. The number of nitrogens with one attached hydrogen (secondary N) is 1. The average Bonchev–Trinajstić information content (AvgIpc) is 2.96. The molecule has 5 nitrogen and oxygen atoms in total. The molecule has 2 saturated heterocycles. The summed E-state index contributed by atoms with van der Waals surface area (Å²) in [6.07, 6.45) is 4.48. The molecule has 0 spiro atoms. The fourth-order valence-corrected chi connectivity index (χ4v) is 4.69. The van der Waals surface area contributed by atoms with E-state index in [-0.39, 0.29) is 11.9 Å². The topological polar surface area (TPSA) is 50.8 Å². The molecule has 2 atom stereocenters. The second kappa shape index (κ2) is 8.23. The first-order chi connectivity index (χ1) is 13.7. The maximum absolute atomic E-state index is 12.8. The number of amides is 1. The van der Waals surface area contributed by atoms with Crippen LogP contribution in [0, 0.1) is 0 Å². The summed E-state index contributed by atoms with van der Waals surface area (Å²) in [6.45, 7) is 1.01. The Bertz CT molecular complexity index is 810. The van der Waals surface area contributed by atoms with E-state index in [1.54, 1.807) is 32.4 Å². The zero-order valence-electron chi connectivity index (χ0n) is 16.6. The van der Waals surface area contributed by atoms with Crippen LogP contribution in [-0.2, 0) is 6.54 Å². The van der Waals surface area contributed by atoms with E-state index in [4.69, 9.17) is 9.47 Å². The van der Waals surface area contributed by atoms with Gasteiger partial charge in [-0.05, 0) is 49.4 Å². The van der Waals surface area contributed by atoms with Crippen LogP contribution in [0.3, 0.4) is 0 Å². The number of hydrogen-bond acceptors (Lipinski definition) is 4. The van der Waals surface area contributed by atoms with E-state index in [2.05, 4.69) is 40.5 Å². The van der Waals surface area contributed by atoms with Gasteiger partial charge in [-0.3, -0.25) is 9.69 Å². The minimum Gasteiger partial charge on any atom is -0.493 e. The predicted octanol–water partition coefficient (Wildman–Crippen LogP) is 3.63. The molecule has 2 heterocycles. The third-order valence-corrected chi connectivity index (χ3v) is 6.07.